The largest absolute Gasteiger partial charge is 0.573 e. The van der Waals surface area contributed by atoms with Crippen LogP contribution < -0.4 is 15.7 Å². The van der Waals surface area contributed by atoms with Crippen LogP contribution in [0.3, 0.4) is 0 Å². The topological polar surface area (TPSA) is 78.2 Å². The summed E-state index contributed by atoms with van der Waals surface area (Å²) in [5, 5.41) is 6.54. The molecule has 0 bridgehead atoms. The number of aromatic nitrogens is 3. The molecule has 1 aromatic heterocycles. The molecule has 26 heavy (non-hydrogen) atoms. The Morgan fingerprint density at radius 3 is 2.54 bits per heavy atom. The van der Waals surface area contributed by atoms with E-state index in [2.05, 4.69) is 15.2 Å². The van der Waals surface area contributed by atoms with E-state index in [0.717, 1.165) is 23.9 Å². The van der Waals surface area contributed by atoms with Gasteiger partial charge in [0.15, 0.2) is 0 Å². The van der Waals surface area contributed by atoms with Crippen LogP contribution in [0.1, 0.15) is 30.9 Å². The SMILES string of the molecule is O=C(Cn1ncn(C2CCC2)c1=O)NCc1ccc(OC(F)(F)F)cc1. The molecule has 0 aliphatic heterocycles. The van der Waals surface area contributed by atoms with Crippen molar-refractivity contribution in [2.75, 3.05) is 0 Å². The lowest BCUT2D eigenvalue weighted by molar-refractivity contribution is -0.274. The Hall–Kier alpha value is -2.78. The standard InChI is InChI=1S/C16H17F3N4O3/c17-16(18,19)26-13-6-4-11(5-7-13)8-20-14(24)9-23-15(25)22(10-21-23)12-2-1-3-12/h4-7,10,12H,1-3,8-9H2,(H,20,24). The summed E-state index contributed by atoms with van der Waals surface area (Å²) in [5.74, 6) is -0.748. The second kappa shape index (κ2) is 7.22. The van der Waals surface area contributed by atoms with Crippen LogP contribution in [0.2, 0.25) is 0 Å². The normalized spacial score (nSPS) is 14.7. The number of benzene rings is 1. The molecular formula is C16H17F3N4O3. The van der Waals surface area contributed by atoms with Crippen molar-refractivity contribution in [3.8, 4) is 5.75 Å². The lowest BCUT2D eigenvalue weighted by atomic mass is 9.93. The van der Waals surface area contributed by atoms with E-state index in [1.165, 1.54) is 35.2 Å². The molecular weight excluding hydrogens is 353 g/mol. The number of hydrogen-bond acceptors (Lipinski definition) is 4. The van der Waals surface area contributed by atoms with Gasteiger partial charge in [0.1, 0.15) is 18.6 Å². The Morgan fingerprint density at radius 1 is 1.27 bits per heavy atom. The van der Waals surface area contributed by atoms with E-state index in [-0.39, 0.29) is 30.6 Å². The molecule has 10 heteroatoms. The molecule has 2 aromatic rings. The third-order valence-electron chi connectivity index (χ3n) is 4.17. The first-order valence-corrected chi connectivity index (χ1v) is 8.07. The smallest absolute Gasteiger partial charge is 0.406 e. The minimum atomic E-state index is -4.74. The number of amides is 1. The zero-order valence-electron chi connectivity index (χ0n) is 13.7. The summed E-state index contributed by atoms with van der Waals surface area (Å²) in [6.07, 6.45) is -0.349. The number of alkyl halides is 3. The number of ether oxygens (including phenoxy) is 1. The maximum Gasteiger partial charge on any atom is 0.573 e. The zero-order chi connectivity index (χ0) is 18.7. The van der Waals surface area contributed by atoms with Gasteiger partial charge in [-0.2, -0.15) is 5.10 Å². The predicted octanol–water partition coefficient (Wildman–Crippen LogP) is 1.98. The average Bonchev–Trinajstić information content (AvgIpc) is 2.85. The highest BCUT2D eigenvalue weighted by Gasteiger charge is 2.31. The Balaban J connectivity index is 1.51. The fourth-order valence-electron chi connectivity index (χ4n) is 2.58. The van der Waals surface area contributed by atoms with Crippen LogP contribution in [0.15, 0.2) is 35.4 Å². The molecule has 1 N–H and O–H groups in total. The van der Waals surface area contributed by atoms with Crippen LogP contribution in [0.25, 0.3) is 0 Å². The fraction of sp³-hybridized carbons (Fsp3) is 0.438. The van der Waals surface area contributed by atoms with Crippen molar-refractivity contribution in [2.45, 2.75) is 44.8 Å². The van der Waals surface area contributed by atoms with Crippen LogP contribution in [0, 0.1) is 0 Å². The van der Waals surface area contributed by atoms with Gasteiger partial charge in [0.2, 0.25) is 5.91 Å². The second-order valence-electron chi connectivity index (χ2n) is 6.03. The fourth-order valence-corrected chi connectivity index (χ4v) is 2.58. The van der Waals surface area contributed by atoms with Crippen LogP contribution >= 0.6 is 0 Å². The van der Waals surface area contributed by atoms with Gasteiger partial charge < -0.3 is 10.1 Å². The van der Waals surface area contributed by atoms with Crippen molar-refractivity contribution < 1.29 is 22.7 Å². The van der Waals surface area contributed by atoms with E-state index in [1.807, 2.05) is 0 Å². The number of nitrogens with zero attached hydrogens (tertiary/aromatic N) is 3. The van der Waals surface area contributed by atoms with Crippen molar-refractivity contribution in [1.82, 2.24) is 19.7 Å². The zero-order valence-corrected chi connectivity index (χ0v) is 13.7. The minimum absolute atomic E-state index is 0.114. The molecule has 3 rings (SSSR count). The summed E-state index contributed by atoms with van der Waals surface area (Å²) in [4.78, 5) is 24.1. The van der Waals surface area contributed by atoms with E-state index in [1.54, 1.807) is 0 Å². The molecule has 0 spiro atoms. The van der Waals surface area contributed by atoms with Gasteiger partial charge in [-0.1, -0.05) is 12.1 Å². The number of carbonyl (C=O) groups is 1. The predicted molar refractivity (Wildman–Crippen MR) is 84.3 cm³/mol. The highest BCUT2D eigenvalue weighted by Crippen LogP contribution is 2.29. The molecule has 1 aromatic carbocycles. The number of rotatable bonds is 6. The van der Waals surface area contributed by atoms with E-state index in [4.69, 9.17) is 0 Å². The molecule has 1 saturated carbocycles. The van der Waals surface area contributed by atoms with E-state index in [9.17, 15) is 22.8 Å². The summed E-state index contributed by atoms with van der Waals surface area (Å²) < 4.78 is 42.7. The lowest BCUT2D eigenvalue weighted by Gasteiger charge is -2.25. The van der Waals surface area contributed by atoms with Gasteiger partial charge in [-0.05, 0) is 37.0 Å². The third-order valence-corrected chi connectivity index (χ3v) is 4.17. The van der Waals surface area contributed by atoms with Crippen molar-refractivity contribution in [3.05, 3.63) is 46.6 Å². The molecule has 0 atom stereocenters. The van der Waals surface area contributed by atoms with Gasteiger partial charge in [-0.3, -0.25) is 9.36 Å². The van der Waals surface area contributed by atoms with Crippen molar-refractivity contribution in [3.63, 3.8) is 0 Å². The third kappa shape index (κ3) is 4.44. The molecule has 0 saturated heterocycles. The maximum absolute atomic E-state index is 12.1. The van der Waals surface area contributed by atoms with Crippen molar-refractivity contribution >= 4 is 5.91 Å². The number of halogens is 3. The van der Waals surface area contributed by atoms with Crippen LogP contribution in [0.5, 0.6) is 5.75 Å². The maximum atomic E-state index is 12.1. The molecule has 0 radical (unpaired) electrons. The van der Waals surface area contributed by atoms with Gasteiger partial charge in [0.25, 0.3) is 0 Å². The monoisotopic (exact) mass is 370 g/mol. The van der Waals surface area contributed by atoms with Crippen LogP contribution in [-0.2, 0) is 17.9 Å². The summed E-state index contributed by atoms with van der Waals surface area (Å²) in [6.45, 7) is -0.100. The number of hydrogen-bond donors (Lipinski definition) is 1. The molecule has 0 unspecified atom stereocenters. The summed E-state index contributed by atoms with van der Waals surface area (Å²) in [7, 11) is 0. The summed E-state index contributed by atoms with van der Waals surface area (Å²) in [5.41, 5.74) is 0.277. The Labute approximate surface area is 146 Å². The first-order valence-electron chi connectivity index (χ1n) is 8.07. The van der Waals surface area contributed by atoms with E-state index < -0.39 is 12.3 Å². The number of carbonyl (C=O) groups excluding carboxylic acids is 1. The quantitative estimate of drug-likeness (QED) is 0.844. The number of nitrogens with one attached hydrogen (secondary N) is 1. The highest BCUT2D eigenvalue weighted by molar-refractivity contribution is 5.75. The van der Waals surface area contributed by atoms with Crippen LogP contribution in [-0.4, -0.2) is 26.6 Å². The Bertz CT molecular complexity index is 823. The summed E-state index contributed by atoms with van der Waals surface area (Å²) >= 11 is 0. The van der Waals surface area contributed by atoms with Gasteiger partial charge in [-0.15, -0.1) is 13.2 Å². The van der Waals surface area contributed by atoms with Crippen LogP contribution in [0.4, 0.5) is 13.2 Å². The van der Waals surface area contributed by atoms with Gasteiger partial charge in [-0.25, -0.2) is 9.48 Å². The van der Waals surface area contributed by atoms with E-state index in [0.29, 0.717) is 5.56 Å². The van der Waals surface area contributed by atoms with Gasteiger partial charge in [0, 0.05) is 12.6 Å². The molecule has 1 amide bonds. The average molecular weight is 370 g/mol. The van der Waals surface area contributed by atoms with Crippen molar-refractivity contribution in [2.24, 2.45) is 0 Å². The Kier molecular flexibility index (Phi) is 5.01. The van der Waals surface area contributed by atoms with Gasteiger partial charge >= 0.3 is 12.1 Å². The lowest BCUT2D eigenvalue weighted by Crippen LogP contribution is -2.35. The molecule has 1 aliphatic rings. The minimum Gasteiger partial charge on any atom is -0.406 e. The highest BCUT2D eigenvalue weighted by atomic mass is 19.4. The molecule has 7 nitrogen and oxygen atoms in total. The Morgan fingerprint density at radius 2 is 1.96 bits per heavy atom. The molecule has 140 valence electrons. The molecule has 1 fully saturated rings. The van der Waals surface area contributed by atoms with Gasteiger partial charge in [0.05, 0.1) is 0 Å². The first-order chi connectivity index (χ1) is 12.3. The second-order valence-corrected chi connectivity index (χ2v) is 6.03. The summed E-state index contributed by atoms with van der Waals surface area (Å²) in [6, 6.07) is 5.33. The molecule has 1 aliphatic carbocycles. The van der Waals surface area contributed by atoms with Crippen molar-refractivity contribution in [1.29, 1.82) is 0 Å². The first kappa shape index (κ1) is 18.0. The van der Waals surface area contributed by atoms with E-state index >= 15 is 0 Å². The molecule has 1 heterocycles.